The molecule has 0 atom stereocenters. The normalized spacial score (nSPS) is 16.5. The van der Waals surface area contributed by atoms with Crippen LogP contribution >= 0.6 is 23.2 Å². The average molecular weight is 553 g/mol. The number of methoxy groups -OCH3 is 3. The van der Waals surface area contributed by atoms with Gasteiger partial charge >= 0.3 is 0 Å². The van der Waals surface area contributed by atoms with Gasteiger partial charge in [0.05, 0.1) is 7.11 Å². The predicted octanol–water partition coefficient (Wildman–Crippen LogP) is 8.13. The lowest BCUT2D eigenvalue weighted by Crippen LogP contribution is -2.39. The van der Waals surface area contributed by atoms with Crippen LogP contribution in [0.15, 0.2) is 60.7 Å². The third-order valence-corrected chi connectivity index (χ3v) is 8.47. The third-order valence-electron chi connectivity index (χ3n) is 7.92. The Morgan fingerprint density at radius 1 is 0.816 bits per heavy atom. The molecule has 0 amide bonds. The monoisotopic (exact) mass is 551 g/mol. The van der Waals surface area contributed by atoms with Crippen LogP contribution < -0.4 is 9.64 Å². The maximum atomic E-state index is 6.76. The molecule has 0 saturated carbocycles. The Hall–Kier alpha value is -2.50. The van der Waals surface area contributed by atoms with E-state index in [4.69, 9.17) is 37.4 Å². The summed E-state index contributed by atoms with van der Waals surface area (Å²) in [6.07, 6.45) is 4.93. The van der Waals surface area contributed by atoms with E-state index >= 15 is 0 Å². The second-order valence-electron chi connectivity index (χ2n) is 10.1. The smallest absolute Gasteiger partial charge is 0.159 e. The fourth-order valence-corrected chi connectivity index (χ4v) is 6.50. The van der Waals surface area contributed by atoms with Crippen LogP contribution in [0.4, 0.5) is 5.69 Å². The van der Waals surface area contributed by atoms with Crippen molar-refractivity contribution >= 4 is 40.0 Å². The second-order valence-corrected chi connectivity index (χ2v) is 10.9. The van der Waals surface area contributed by atoms with E-state index in [2.05, 4.69) is 53.4 Å². The molecule has 2 aliphatic rings. The van der Waals surface area contributed by atoms with Gasteiger partial charge in [-0.15, -0.1) is 0 Å². The lowest BCUT2D eigenvalue weighted by molar-refractivity contribution is -0.141. The molecule has 1 saturated heterocycles. The number of fused-ring (bicyclic) bond motifs is 1. The first-order valence-corrected chi connectivity index (χ1v) is 14.0. The SMILES string of the molecule is COc1ccc2c(c1)CCCC(c1ccc(Cl)cc1Cl)=C2c1ccc(N2CCC(C(OC)OC)CC2)cc1. The zero-order valence-corrected chi connectivity index (χ0v) is 23.8. The minimum Gasteiger partial charge on any atom is -0.497 e. The molecule has 0 spiro atoms. The third kappa shape index (κ3) is 5.60. The Labute approximate surface area is 236 Å². The van der Waals surface area contributed by atoms with E-state index in [-0.39, 0.29) is 6.29 Å². The van der Waals surface area contributed by atoms with E-state index in [1.807, 2.05) is 12.1 Å². The summed E-state index contributed by atoms with van der Waals surface area (Å²) in [4.78, 5) is 2.46. The molecule has 3 aromatic rings. The minimum atomic E-state index is -0.126. The molecule has 1 fully saturated rings. The van der Waals surface area contributed by atoms with Crippen LogP contribution in [0.1, 0.15) is 47.9 Å². The van der Waals surface area contributed by atoms with Gasteiger partial charge in [0.15, 0.2) is 6.29 Å². The average Bonchev–Trinajstić information content (AvgIpc) is 3.13. The number of hydrogen-bond acceptors (Lipinski definition) is 4. The van der Waals surface area contributed by atoms with Crippen LogP contribution in [-0.2, 0) is 15.9 Å². The van der Waals surface area contributed by atoms with Gasteiger partial charge in [-0.3, -0.25) is 0 Å². The van der Waals surface area contributed by atoms with Gasteiger partial charge in [0.1, 0.15) is 5.75 Å². The molecule has 38 heavy (non-hydrogen) atoms. The van der Waals surface area contributed by atoms with Gasteiger partial charge in [-0.1, -0.05) is 47.5 Å². The molecule has 0 radical (unpaired) electrons. The minimum absolute atomic E-state index is 0.126. The second kappa shape index (κ2) is 12.1. The van der Waals surface area contributed by atoms with E-state index < -0.39 is 0 Å². The van der Waals surface area contributed by atoms with Gasteiger partial charge in [0.2, 0.25) is 0 Å². The van der Waals surface area contributed by atoms with Gasteiger partial charge in [-0.2, -0.15) is 0 Å². The molecule has 5 rings (SSSR count). The van der Waals surface area contributed by atoms with Gasteiger partial charge in [0.25, 0.3) is 0 Å². The molecule has 3 aromatic carbocycles. The van der Waals surface area contributed by atoms with Gasteiger partial charge in [-0.25, -0.2) is 0 Å². The molecule has 6 heteroatoms. The number of ether oxygens (including phenoxy) is 3. The highest BCUT2D eigenvalue weighted by atomic mass is 35.5. The molecule has 1 aliphatic heterocycles. The Balaban J connectivity index is 1.52. The Kier molecular flexibility index (Phi) is 8.64. The van der Waals surface area contributed by atoms with E-state index in [9.17, 15) is 0 Å². The summed E-state index contributed by atoms with van der Waals surface area (Å²) in [6, 6.07) is 21.3. The molecular formula is C32H35Cl2NO3. The number of piperidine rings is 1. The van der Waals surface area contributed by atoms with Crippen molar-refractivity contribution < 1.29 is 14.2 Å². The molecule has 0 unspecified atom stereocenters. The number of rotatable bonds is 7. The van der Waals surface area contributed by atoms with Crippen LogP contribution in [0.3, 0.4) is 0 Å². The lowest BCUT2D eigenvalue weighted by Gasteiger charge is -2.36. The van der Waals surface area contributed by atoms with Crippen LogP contribution in [-0.4, -0.2) is 40.7 Å². The Bertz CT molecular complexity index is 1290. The molecule has 0 bridgehead atoms. The van der Waals surface area contributed by atoms with Crippen molar-refractivity contribution in [2.75, 3.05) is 39.3 Å². The van der Waals surface area contributed by atoms with Crippen molar-refractivity contribution in [3.05, 3.63) is 93.0 Å². The van der Waals surface area contributed by atoms with Gasteiger partial charge in [0, 0.05) is 49.0 Å². The summed E-state index contributed by atoms with van der Waals surface area (Å²) >= 11 is 13.0. The predicted molar refractivity (Wildman–Crippen MR) is 157 cm³/mol. The first kappa shape index (κ1) is 27.1. The van der Waals surface area contributed by atoms with Crippen LogP contribution in [0.2, 0.25) is 10.0 Å². The summed E-state index contributed by atoms with van der Waals surface area (Å²) in [5, 5.41) is 1.34. The number of anilines is 1. The summed E-state index contributed by atoms with van der Waals surface area (Å²) in [7, 11) is 5.17. The zero-order valence-electron chi connectivity index (χ0n) is 22.3. The summed E-state index contributed by atoms with van der Waals surface area (Å²) in [5.41, 5.74) is 8.52. The van der Waals surface area contributed by atoms with Crippen LogP contribution in [0.5, 0.6) is 5.75 Å². The summed E-state index contributed by atoms with van der Waals surface area (Å²) in [6.45, 7) is 1.98. The fourth-order valence-electron chi connectivity index (χ4n) is 5.97. The Morgan fingerprint density at radius 3 is 2.18 bits per heavy atom. The van der Waals surface area contributed by atoms with Crippen molar-refractivity contribution in [3.63, 3.8) is 0 Å². The maximum absolute atomic E-state index is 6.76. The highest BCUT2D eigenvalue weighted by molar-refractivity contribution is 6.36. The van der Waals surface area contributed by atoms with Crippen molar-refractivity contribution in [3.8, 4) is 5.75 Å². The first-order chi connectivity index (χ1) is 18.5. The Morgan fingerprint density at radius 2 is 1.53 bits per heavy atom. The quantitative estimate of drug-likeness (QED) is 0.277. The van der Waals surface area contributed by atoms with Crippen molar-refractivity contribution in [2.24, 2.45) is 5.92 Å². The van der Waals surface area contributed by atoms with E-state index in [1.165, 1.54) is 33.5 Å². The van der Waals surface area contributed by atoms with Crippen LogP contribution in [0.25, 0.3) is 11.1 Å². The van der Waals surface area contributed by atoms with Crippen molar-refractivity contribution in [1.29, 1.82) is 0 Å². The number of allylic oxidation sites excluding steroid dienone is 1. The van der Waals surface area contributed by atoms with E-state index in [0.29, 0.717) is 16.0 Å². The summed E-state index contributed by atoms with van der Waals surface area (Å²) in [5.74, 6) is 1.32. The molecule has 0 aromatic heterocycles. The number of aryl methyl sites for hydroxylation is 1. The molecule has 0 N–H and O–H groups in total. The molecule has 1 aliphatic carbocycles. The van der Waals surface area contributed by atoms with Crippen LogP contribution in [0, 0.1) is 5.92 Å². The van der Waals surface area contributed by atoms with Gasteiger partial charge in [-0.05, 0) is 102 Å². The highest BCUT2D eigenvalue weighted by Gasteiger charge is 2.27. The molecule has 4 nitrogen and oxygen atoms in total. The molecule has 200 valence electrons. The number of nitrogens with zero attached hydrogens (tertiary/aromatic N) is 1. The number of benzene rings is 3. The largest absolute Gasteiger partial charge is 0.497 e. The first-order valence-electron chi connectivity index (χ1n) is 13.3. The van der Waals surface area contributed by atoms with E-state index in [1.54, 1.807) is 21.3 Å². The fraction of sp³-hybridized carbons (Fsp3) is 0.375. The maximum Gasteiger partial charge on any atom is 0.159 e. The highest BCUT2D eigenvalue weighted by Crippen LogP contribution is 2.43. The standard InChI is InChI=1S/C32H35Cl2NO3/c1-36-26-12-14-27-23(19-26)5-4-6-29(28-13-9-24(33)20-30(28)34)31(27)21-7-10-25(11-8-21)35-17-15-22(16-18-35)32(37-2)38-3/h7-14,19-20,22,32H,4-6,15-18H2,1-3H3. The van der Waals surface area contributed by atoms with E-state index in [0.717, 1.165) is 56.5 Å². The summed E-state index contributed by atoms with van der Waals surface area (Å²) < 4.78 is 16.6. The van der Waals surface area contributed by atoms with Gasteiger partial charge < -0.3 is 19.1 Å². The zero-order chi connectivity index (χ0) is 26.6. The van der Waals surface area contributed by atoms with Crippen molar-refractivity contribution in [2.45, 2.75) is 38.4 Å². The lowest BCUT2D eigenvalue weighted by atomic mass is 9.87. The molecule has 1 heterocycles. The molecular weight excluding hydrogens is 517 g/mol. The topological polar surface area (TPSA) is 30.9 Å². The van der Waals surface area contributed by atoms with Crippen molar-refractivity contribution in [1.82, 2.24) is 0 Å². The number of halogens is 2. The number of hydrogen-bond donors (Lipinski definition) is 0.